The lowest BCUT2D eigenvalue weighted by molar-refractivity contribution is 0.600. The Hall–Kier alpha value is -1.59. The minimum Gasteiger partial charge on any atom is -0.279 e. The lowest BCUT2D eigenvalue weighted by Crippen LogP contribution is -2.15. The lowest BCUT2D eigenvalue weighted by Gasteiger charge is -2.13. The highest BCUT2D eigenvalue weighted by atomic mass is 35.5. The molecule has 0 fully saturated rings. The van der Waals surface area contributed by atoms with Crippen LogP contribution in [0.1, 0.15) is 16.7 Å². The van der Waals surface area contributed by atoms with Gasteiger partial charge in [-0.05, 0) is 61.7 Å². The van der Waals surface area contributed by atoms with E-state index in [2.05, 4.69) is 4.72 Å². The Labute approximate surface area is 128 Å². The summed E-state index contributed by atoms with van der Waals surface area (Å²) in [6, 6.07) is 7.07. The van der Waals surface area contributed by atoms with Gasteiger partial charge in [-0.3, -0.25) is 4.72 Å². The number of sulfonamides is 1. The van der Waals surface area contributed by atoms with Gasteiger partial charge < -0.3 is 0 Å². The summed E-state index contributed by atoms with van der Waals surface area (Å²) in [7, 11) is -3.80. The Morgan fingerprint density at radius 2 is 1.67 bits per heavy atom. The number of hydrogen-bond acceptors (Lipinski definition) is 2. The van der Waals surface area contributed by atoms with Crippen LogP contribution in [0.3, 0.4) is 0 Å². The molecule has 0 bridgehead atoms. The van der Waals surface area contributed by atoms with Gasteiger partial charge >= 0.3 is 0 Å². The first-order chi connectivity index (χ1) is 9.70. The van der Waals surface area contributed by atoms with Crippen molar-refractivity contribution in [2.75, 3.05) is 4.72 Å². The molecule has 2 rings (SSSR count). The molecule has 0 spiro atoms. The van der Waals surface area contributed by atoms with Crippen LogP contribution in [-0.2, 0) is 10.0 Å². The summed E-state index contributed by atoms with van der Waals surface area (Å²) in [4.78, 5) is 0.132. The molecule has 3 nitrogen and oxygen atoms in total. The third-order valence-electron chi connectivity index (χ3n) is 3.19. The zero-order valence-corrected chi connectivity index (χ0v) is 13.4. The quantitative estimate of drug-likeness (QED) is 0.918. The predicted octanol–water partition coefficient (Wildman–Crippen LogP) is 4.21. The molecule has 0 heterocycles. The van der Waals surface area contributed by atoms with Gasteiger partial charge in [-0.15, -0.1) is 0 Å². The summed E-state index contributed by atoms with van der Waals surface area (Å²) in [6.45, 7) is 5.10. The maximum absolute atomic E-state index is 13.3. The van der Waals surface area contributed by atoms with Gasteiger partial charge in [0.2, 0.25) is 0 Å². The molecule has 2 aromatic carbocycles. The molecule has 21 heavy (non-hydrogen) atoms. The van der Waals surface area contributed by atoms with E-state index in [1.165, 1.54) is 18.2 Å². The highest BCUT2D eigenvalue weighted by molar-refractivity contribution is 7.92. The van der Waals surface area contributed by atoms with Gasteiger partial charge in [0.25, 0.3) is 10.0 Å². The molecule has 0 atom stereocenters. The predicted molar refractivity (Wildman–Crippen MR) is 82.9 cm³/mol. The van der Waals surface area contributed by atoms with E-state index >= 15 is 0 Å². The summed E-state index contributed by atoms with van der Waals surface area (Å²) in [5.41, 5.74) is 2.07. The fraction of sp³-hybridized carbons (Fsp3) is 0.200. The standard InChI is InChI=1S/C15H15ClFNO2S/c1-9-4-5-12(17)8-14(9)18-21(19,20)15-7-10(2)13(16)6-11(15)3/h4-8,18H,1-3H3. The van der Waals surface area contributed by atoms with Crippen LogP contribution in [0.2, 0.25) is 5.02 Å². The molecule has 0 aromatic heterocycles. The number of nitrogens with one attached hydrogen (secondary N) is 1. The van der Waals surface area contributed by atoms with Gasteiger partial charge in [0, 0.05) is 5.02 Å². The fourth-order valence-electron chi connectivity index (χ4n) is 1.95. The summed E-state index contributed by atoms with van der Waals surface area (Å²) >= 11 is 5.98. The van der Waals surface area contributed by atoms with Crippen LogP contribution in [0.15, 0.2) is 35.2 Å². The van der Waals surface area contributed by atoms with Crippen molar-refractivity contribution < 1.29 is 12.8 Å². The number of anilines is 1. The zero-order valence-electron chi connectivity index (χ0n) is 11.9. The van der Waals surface area contributed by atoms with Crippen molar-refractivity contribution in [3.8, 4) is 0 Å². The van der Waals surface area contributed by atoms with Gasteiger partial charge in [0.1, 0.15) is 5.82 Å². The Balaban J connectivity index is 2.48. The Morgan fingerprint density at radius 1 is 1.00 bits per heavy atom. The summed E-state index contributed by atoms with van der Waals surface area (Å²) < 4.78 is 40.6. The first-order valence-electron chi connectivity index (χ1n) is 6.26. The molecule has 0 unspecified atom stereocenters. The van der Waals surface area contributed by atoms with Crippen molar-refractivity contribution in [3.63, 3.8) is 0 Å². The second-order valence-electron chi connectivity index (χ2n) is 4.93. The molecular formula is C15H15ClFNO2S. The zero-order chi connectivity index (χ0) is 15.8. The maximum atomic E-state index is 13.3. The van der Waals surface area contributed by atoms with Gasteiger partial charge in [-0.2, -0.15) is 0 Å². The monoisotopic (exact) mass is 327 g/mol. The van der Waals surface area contributed by atoms with Gasteiger partial charge in [-0.25, -0.2) is 12.8 Å². The Bertz CT molecular complexity index is 804. The van der Waals surface area contributed by atoms with Crippen LogP contribution in [0.4, 0.5) is 10.1 Å². The maximum Gasteiger partial charge on any atom is 0.262 e. The van der Waals surface area contributed by atoms with Crippen molar-refractivity contribution in [2.24, 2.45) is 0 Å². The Morgan fingerprint density at radius 3 is 2.33 bits per heavy atom. The van der Waals surface area contributed by atoms with E-state index in [0.717, 1.165) is 6.07 Å². The van der Waals surface area contributed by atoms with Crippen LogP contribution in [-0.4, -0.2) is 8.42 Å². The third kappa shape index (κ3) is 3.36. The van der Waals surface area contributed by atoms with Crippen LogP contribution in [0.25, 0.3) is 0 Å². The number of halogens is 2. The first-order valence-corrected chi connectivity index (χ1v) is 8.12. The van der Waals surface area contributed by atoms with Crippen molar-refractivity contribution >= 4 is 27.3 Å². The third-order valence-corrected chi connectivity index (χ3v) is 5.10. The molecule has 0 aliphatic heterocycles. The van der Waals surface area contributed by atoms with E-state index in [4.69, 9.17) is 11.6 Å². The summed E-state index contributed by atoms with van der Waals surface area (Å²) in [6.07, 6.45) is 0. The molecule has 0 saturated heterocycles. The van der Waals surface area contributed by atoms with Crippen molar-refractivity contribution in [3.05, 3.63) is 57.9 Å². The SMILES string of the molecule is Cc1cc(S(=O)(=O)Nc2cc(F)ccc2C)c(C)cc1Cl. The van der Waals surface area contributed by atoms with Crippen molar-refractivity contribution in [1.82, 2.24) is 0 Å². The Kier molecular flexibility index (Phi) is 4.25. The summed E-state index contributed by atoms with van der Waals surface area (Å²) in [5, 5.41) is 0.508. The van der Waals surface area contributed by atoms with Crippen molar-refractivity contribution in [1.29, 1.82) is 0 Å². The summed E-state index contributed by atoms with van der Waals surface area (Å²) in [5.74, 6) is -0.498. The van der Waals surface area contributed by atoms with Gasteiger partial charge in [-0.1, -0.05) is 17.7 Å². The molecule has 0 amide bonds. The van der Waals surface area contributed by atoms with Crippen LogP contribution >= 0.6 is 11.6 Å². The molecular weight excluding hydrogens is 313 g/mol. The molecule has 0 saturated carbocycles. The van der Waals surface area contributed by atoms with E-state index in [1.807, 2.05) is 0 Å². The normalized spacial score (nSPS) is 11.5. The second kappa shape index (κ2) is 5.66. The fourth-order valence-corrected chi connectivity index (χ4v) is 3.60. The minimum atomic E-state index is -3.80. The smallest absolute Gasteiger partial charge is 0.262 e. The average Bonchev–Trinajstić information content (AvgIpc) is 2.37. The molecule has 6 heteroatoms. The van der Waals surface area contributed by atoms with Gasteiger partial charge in [0.05, 0.1) is 10.6 Å². The highest BCUT2D eigenvalue weighted by Crippen LogP contribution is 2.26. The molecule has 0 aliphatic carbocycles. The highest BCUT2D eigenvalue weighted by Gasteiger charge is 2.19. The molecule has 1 N–H and O–H groups in total. The van der Waals surface area contributed by atoms with Crippen LogP contribution < -0.4 is 4.72 Å². The van der Waals surface area contributed by atoms with E-state index in [-0.39, 0.29) is 10.6 Å². The molecule has 0 aliphatic rings. The van der Waals surface area contributed by atoms with Crippen LogP contribution in [0, 0.1) is 26.6 Å². The van der Waals surface area contributed by atoms with E-state index < -0.39 is 15.8 Å². The largest absolute Gasteiger partial charge is 0.279 e. The van der Waals surface area contributed by atoms with Crippen molar-refractivity contribution in [2.45, 2.75) is 25.7 Å². The first kappa shape index (κ1) is 15.8. The number of rotatable bonds is 3. The lowest BCUT2D eigenvalue weighted by atomic mass is 10.2. The number of benzene rings is 2. The second-order valence-corrected chi connectivity index (χ2v) is 6.99. The molecule has 2 aromatic rings. The number of hydrogen-bond donors (Lipinski definition) is 1. The minimum absolute atomic E-state index is 0.132. The van der Waals surface area contributed by atoms with E-state index in [1.54, 1.807) is 26.8 Å². The molecule has 112 valence electrons. The van der Waals surface area contributed by atoms with Crippen LogP contribution in [0.5, 0.6) is 0 Å². The molecule has 0 radical (unpaired) electrons. The average molecular weight is 328 g/mol. The number of aryl methyl sites for hydroxylation is 3. The van der Waals surface area contributed by atoms with E-state index in [9.17, 15) is 12.8 Å². The van der Waals surface area contributed by atoms with E-state index in [0.29, 0.717) is 21.7 Å². The topological polar surface area (TPSA) is 46.2 Å². The van der Waals surface area contributed by atoms with Gasteiger partial charge in [0.15, 0.2) is 0 Å².